The summed E-state index contributed by atoms with van der Waals surface area (Å²) in [7, 11) is 3.15. The molecule has 0 atom stereocenters. The molecule has 0 aliphatic carbocycles. The van der Waals surface area contributed by atoms with Crippen LogP contribution in [0.5, 0.6) is 11.5 Å². The summed E-state index contributed by atoms with van der Waals surface area (Å²) in [5.41, 5.74) is 7.56. The van der Waals surface area contributed by atoms with Gasteiger partial charge in [0.25, 0.3) is 0 Å². The number of halogens is 1. The first kappa shape index (κ1) is 22.8. The summed E-state index contributed by atoms with van der Waals surface area (Å²) >= 11 is 0. The number of rotatable bonds is 10. The highest BCUT2D eigenvalue weighted by atomic mass is 35.5. The molecule has 0 saturated heterocycles. The summed E-state index contributed by atoms with van der Waals surface area (Å²) in [6.45, 7) is 2.22. The summed E-state index contributed by atoms with van der Waals surface area (Å²) in [5, 5.41) is 2.90. The predicted octanol–water partition coefficient (Wildman–Crippen LogP) is 2.57. The Morgan fingerprint density at radius 1 is 1.07 bits per heavy atom. The zero-order valence-electron chi connectivity index (χ0n) is 15.8. The summed E-state index contributed by atoms with van der Waals surface area (Å²) in [5.74, 6) is 1.13. The van der Waals surface area contributed by atoms with E-state index in [0.29, 0.717) is 30.3 Å². The number of methoxy groups -OCH3 is 2. The zero-order valence-corrected chi connectivity index (χ0v) is 16.6. The van der Waals surface area contributed by atoms with Gasteiger partial charge in [-0.05, 0) is 24.1 Å². The van der Waals surface area contributed by atoms with Crippen LogP contribution in [0.15, 0.2) is 48.5 Å². The predicted molar refractivity (Wildman–Crippen MR) is 111 cm³/mol. The Morgan fingerprint density at radius 2 is 1.81 bits per heavy atom. The molecule has 0 aromatic heterocycles. The Labute approximate surface area is 167 Å². The van der Waals surface area contributed by atoms with Gasteiger partial charge in [-0.2, -0.15) is 0 Å². The fourth-order valence-electron chi connectivity index (χ4n) is 2.68. The van der Waals surface area contributed by atoms with Gasteiger partial charge in [-0.3, -0.25) is 9.69 Å². The Morgan fingerprint density at radius 3 is 2.44 bits per heavy atom. The molecular formula is C20H28ClN3O3. The third-order valence-electron chi connectivity index (χ3n) is 4.05. The molecule has 0 aliphatic heterocycles. The van der Waals surface area contributed by atoms with E-state index < -0.39 is 0 Å². The Balaban J connectivity index is 0.00000364. The van der Waals surface area contributed by atoms with Crippen LogP contribution in [-0.4, -0.2) is 51.2 Å². The first-order chi connectivity index (χ1) is 12.7. The van der Waals surface area contributed by atoms with Gasteiger partial charge in [0.15, 0.2) is 0 Å². The maximum Gasteiger partial charge on any atom is 0.238 e. The van der Waals surface area contributed by atoms with Crippen molar-refractivity contribution in [3.05, 3.63) is 54.1 Å². The maximum atomic E-state index is 12.5. The second kappa shape index (κ2) is 12.2. The molecule has 148 valence electrons. The number of anilines is 1. The number of ether oxygens (including phenoxy) is 2. The van der Waals surface area contributed by atoms with Gasteiger partial charge in [-0.25, -0.2) is 0 Å². The van der Waals surface area contributed by atoms with Crippen molar-refractivity contribution in [1.82, 2.24) is 4.90 Å². The van der Waals surface area contributed by atoms with E-state index in [-0.39, 0.29) is 24.9 Å². The Hall–Kier alpha value is -2.28. The van der Waals surface area contributed by atoms with E-state index in [0.717, 1.165) is 13.0 Å². The number of amides is 1. The average molecular weight is 394 g/mol. The van der Waals surface area contributed by atoms with Crippen LogP contribution in [0.1, 0.15) is 5.56 Å². The minimum atomic E-state index is -0.102. The second-order valence-corrected chi connectivity index (χ2v) is 5.91. The number of carbonyl (C=O) groups excluding carboxylic acids is 1. The van der Waals surface area contributed by atoms with Crippen LogP contribution in [0.2, 0.25) is 0 Å². The van der Waals surface area contributed by atoms with E-state index >= 15 is 0 Å². The quantitative estimate of drug-likeness (QED) is 0.648. The van der Waals surface area contributed by atoms with E-state index in [9.17, 15) is 4.79 Å². The smallest absolute Gasteiger partial charge is 0.238 e. The van der Waals surface area contributed by atoms with Crippen molar-refractivity contribution in [3.63, 3.8) is 0 Å². The van der Waals surface area contributed by atoms with Crippen LogP contribution in [-0.2, 0) is 11.2 Å². The fourth-order valence-corrected chi connectivity index (χ4v) is 2.68. The number of hydrogen-bond donors (Lipinski definition) is 2. The van der Waals surface area contributed by atoms with Crippen LogP contribution >= 0.6 is 12.4 Å². The first-order valence-electron chi connectivity index (χ1n) is 8.64. The van der Waals surface area contributed by atoms with Crippen molar-refractivity contribution in [2.45, 2.75) is 6.42 Å². The Kier molecular flexibility index (Phi) is 10.3. The second-order valence-electron chi connectivity index (χ2n) is 5.91. The molecule has 0 aliphatic rings. The topological polar surface area (TPSA) is 76.8 Å². The monoisotopic (exact) mass is 393 g/mol. The molecule has 0 radical (unpaired) electrons. The van der Waals surface area contributed by atoms with Crippen LogP contribution in [0.4, 0.5) is 5.69 Å². The van der Waals surface area contributed by atoms with Crippen LogP contribution in [0, 0.1) is 0 Å². The molecule has 6 nitrogen and oxygen atoms in total. The molecule has 0 saturated carbocycles. The number of nitrogens with two attached hydrogens (primary N) is 1. The molecule has 27 heavy (non-hydrogen) atoms. The molecule has 3 N–H and O–H groups in total. The molecule has 2 rings (SSSR count). The largest absolute Gasteiger partial charge is 0.497 e. The van der Waals surface area contributed by atoms with Crippen molar-refractivity contribution in [1.29, 1.82) is 0 Å². The molecule has 0 spiro atoms. The minimum absolute atomic E-state index is 0. The van der Waals surface area contributed by atoms with Gasteiger partial charge in [-0.15, -0.1) is 12.4 Å². The lowest BCUT2D eigenvalue weighted by molar-refractivity contribution is -0.117. The first-order valence-corrected chi connectivity index (χ1v) is 8.64. The van der Waals surface area contributed by atoms with Gasteiger partial charge < -0.3 is 20.5 Å². The number of carbonyl (C=O) groups is 1. The maximum absolute atomic E-state index is 12.5. The zero-order chi connectivity index (χ0) is 18.8. The van der Waals surface area contributed by atoms with E-state index in [1.807, 2.05) is 18.2 Å². The molecule has 1 amide bonds. The molecule has 2 aromatic rings. The highest BCUT2D eigenvalue weighted by molar-refractivity contribution is 5.93. The fraction of sp³-hybridized carbons (Fsp3) is 0.350. The van der Waals surface area contributed by atoms with Gasteiger partial charge >= 0.3 is 0 Å². The van der Waals surface area contributed by atoms with Crippen molar-refractivity contribution < 1.29 is 14.3 Å². The summed E-state index contributed by atoms with van der Waals surface area (Å²) in [6.07, 6.45) is 0.875. The summed E-state index contributed by atoms with van der Waals surface area (Å²) in [6, 6.07) is 15.5. The molecule has 0 heterocycles. The van der Waals surface area contributed by atoms with Gasteiger partial charge in [0, 0.05) is 25.7 Å². The van der Waals surface area contributed by atoms with Crippen LogP contribution < -0.4 is 20.5 Å². The number of nitrogens with zero attached hydrogens (tertiary/aromatic N) is 1. The molecule has 0 fully saturated rings. The van der Waals surface area contributed by atoms with E-state index in [2.05, 4.69) is 22.3 Å². The lowest BCUT2D eigenvalue weighted by atomic mass is 10.1. The van der Waals surface area contributed by atoms with Gasteiger partial charge in [0.1, 0.15) is 11.5 Å². The highest BCUT2D eigenvalue weighted by Crippen LogP contribution is 2.28. The number of hydrogen-bond acceptors (Lipinski definition) is 5. The summed E-state index contributed by atoms with van der Waals surface area (Å²) < 4.78 is 10.5. The van der Waals surface area contributed by atoms with Gasteiger partial charge in [0.2, 0.25) is 5.91 Å². The van der Waals surface area contributed by atoms with Crippen molar-refractivity contribution in [3.8, 4) is 11.5 Å². The van der Waals surface area contributed by atoms with Crippen molar-refractivity contribution in [2.24, 2.45) is 5.73 Å². The van der Waals surface area contributed by atoms with Crippen molar-refractivity contribution >= 4 is 24.0 Å². The highest BCUT2D eigenvalue weighted by Gasteiger charge is 2.13. The van der Waals surface area contributed by atoms with E-state index in [1.54, 1.807) is 32.4 Å². The average Bonchev–Trinajstić information content (AvgIpc) is 2.67. The molecule has 0 bridgehead atoms. The minimum Gasteiger partial charge on any atom is -0.497 e. The van der Waals surface area contributed by atoms with Gasteiger partial charge in [-0.1, -0.05) is 30.3 Å². The van der Waals surface area contributed by atoms with Crippen LogP contribution in [0.3, 0.4) is 0 Å². The normalized spacial score (nSPS) is 10.2. The SMILES string of the molecule is COc1ccc(NC(=O)CN(CCN)CCc2ccccc2)c(OC)c1.Cl. The molecule has 0 unspecified atom stereocenters. The van der Waals surface area contributed by atoms with E-state index in [4.69, 9.17) is 15.2 Å². The third kappa shape index (κ3) is 7.46. The lowest BCUT2D eigenvalue weighted by Crippen LogP contribution is -2.38. The van der Waals surface area contributed by atoms with Crippen molar-refractivity contribution in [2.75, 3.05) is 45.7 Å². The summed E-state index contributed by atoms with van der Waals surface area (Å²) in [4.78, 5) is 14.5. The van der Waals surface area contributed by atoms with E-state index in [1.165, 1.54) is 5.56 Å². The Bertz CT molecular complexity index is 698. The molecular weight excluding hydrogens is 366 g/mol. The van der Waals surface area contributed by atoms with Crippen LogP contribution in [0.25, 0.3) is 0 Å². The standard InChI is InChI=1S/C20H27N3O3.ClH/c1-25-17-8-9-18(19(14-17)26-2)22-20(24)15-23(13-11-21)12-10-16-6-4-3-5-7-16;/h3-9,14H,10-13,15,21H2,1-2H3,(H,22,24);1H. The van der Waals surface area contributed by atoms with Gasteiger partial charge in [0.05, 0.1) is 26.5 Å². The molecule has 2 aromatic carbocycles. The number of nitrogens with one attached hydrogen (secondary N) is 1. The molecule has 7 heteroatoms. The third-order valence-corrected chi connectivity index (χ3v) is 4.05. The lowest BCUT2D eigenvalue weighted by Gasteiger charge is -2.21. The number of benzene rings is 2.